The highest BCUT2D eigenvalue weighted by atomic mass is 79.9. The second-order valence-corrected chi connectivity index (χ2v) is 15.5. The highest BCUT2D eigenvalue weighted by Crippen LogP contribution is 2.37. The summed E-state index contributed by atoms with van der Waals surface area (Å²) < 4.78 is 105. The monoisotopic (exact) mass is 733 g/mol. The Kier molecular flexibility index (Phi) is 10.2. The molecule has 4 aromatic rings. The Bertz CT molecular complexity index is 1970. The number of carbonyl (C=O) groups is 1. The van der Waals surface area contributed by atoms with Crippen LogP contribution in [0.3, 0.4) is 0 Å². The minimum absolute atomic E-state index is 0.0260. The van der Waals surface area contributed by atoms with Crippen LogP contribution in [0.15, 0.2) is 57.0 Å². The number of halogens is 3. The number of rotatable bonds is 12. The van der Waals surface area contributed by atoms with Gasteiger partial charge in [-0.1, -0.05) is 24.6 Å². The Morgan fingerprint density at radius 2 is 1.80 bits per heavy atom. The topological polar surface area (TPSA) is 179 Å². The fourth-order valence-electron chi connectivity index (χ4n) is 4.38. The Labute approximate surface area is 262 Å². The van der Waals surface area contributed by atoms with Crippen molar-refractivity contribution in [1.29, 1.82) is 0 Å². The number of aromatic nitrogens is 3. The molecule has 12 nitrogen and oxygen atoms in total. The van der Waals surface area contributed by atoms with E-state index in [1.165, 1.54) is 12.1 Å². The zero-order valence-electron chi connectivity index (χ0n) is 23.2. The molecule has 0 saturated heterocycles. The fraction of sp³-hybridized carbons (Fsp3) is 0.269. The predicted octanol–water partition coefficient (Wildman–Crippen LogP) is 4.55. The van der Waals surface area contributed by atoms with Gasteiger partial charge in [-0.2, -0.15) is 5.10 Å². The number of anilines is 2. The highest BCUT2D eigenvalue weighted by molar-refractivity contribution is 9.10. The van der Waals surface area contributed by atoms with Crippen molar-refractivity contribution in [3.8, 4) is 0 Å². The molecule has 0 fully saturated rings. The average Bonchev–Trinajstić information content (AvgIpc) is 3.32. The molecule has 4 rings (SSSR count). The first kappa shape index (κ1) is 33.6. The molecule has 0 spiro atoms. The van der Waals surface area contributed by atoms with Gasteiger partial charge in [0.25, 0.3) is 17.2 Å². The molecule has 1 unspecified atom stereocenters. The Balaban J connectivity index is 1.75. The molecule has 0 bridgehead atoms. The number of hydrogen-bond acceptors (Lipinski definition) is 8. The number of nitrogens with one attached hydrogen (secondary N) is 2. The second-order valence-electron chi connectivity index (χ2n) is 9.60. The quantitative estimate of drug-likeness (QED) is 0.176. The van der Waals surface area contributed by atoms with Crippen LogP contribution in [-0.2, 0) is 30.9 Å². The Hall–Kier alpha value is -3.32. The maximum atomic E-state index is 15.7. The van der Waals surface area contributed by atoms with E-state index in [2.05, 4.69) is 36.4 Å². The van der Waals surface area contributed by atoms with Crippen LogP contribution < -0.4 is 9.62 Å². The third kappa shape index (κ3) is 6.98. The first-order chi connectivity index (χ1) is 20.7. The molecule has 2 aromatic carbocycles. The van der Waals surface area contributed by atoms with E-state index < -0.39 is 76.9 Å². The summed E-state index contributed by atoms with van der Waals surface area (Å²) >= 11 is 0.317. The maximum Gasteiger partial charge on any atom is 0.261 e. The number of hydrogen-bond donors (Lipinski definition) is 3. The molecular weight excluding hydrogens is 708 g/mol. The van der Waals surface area contributed by atoms with Crippen molar-refractivity contribution >= 4 is 75.2 Å². The number of nitrogens with zero attached hydrogens (tertiary/aromatic N) is 3. The molecule has 0 aliphatic rings. The summed E-state index contributed by atoms with van der Waals surface area (Å²) in [4.78, 5) is 16.8. The van der Waals surface area contributed by atoms with Crippen LogP contribution in [0.4, 0.5) is 20.2 Å². The van der Waals surface area contributed by atoms with Gasteiger partial charge in [-0.25, -0.2) is 34.8 Å². The molecule has 0 aliphatic carbocycles. The van der Waals surface area contributed by atoms with E-state index in [0.717, 1.165) is 17.8 Å². The summed E-state index contributed by atoms with van der Waals surface area (Å²) in [7, 11) is -7.83. The number of aromatic amines is 1. The molecule has 3 N–H and O–H groups in total. The SMILES string of the molecule is CCCS(=O)(=O)CCCN(c1ccc(F)c(C(=O)Nc2cnc3n[nH]c(Br)c3c2S(=O)(=O)c2ccc(C)cc2)c1F)S(=O)O. The maximum absolute atomic E-state index is 15.7. The lowest BCUT2D eigenvalue weighted by Crippen LogP contribution is -2.30. The van der Waals surface area contributed by atoms with Crippen molar-refractivity contribution < 1.29 is 39.2 Å². The number of H-pyrrole nitrogens is 1. The van der Waals surface area contributed by atoms with Crippen molar-refractivity contribution in [2.24, 2.45) is 0 Å². The van der Waals surface area contributed by atoms with Crippen LogP contribution >= 0.6 is 15.9 Å². The van der Waals surface area contributed by atoms with Gasteiger partial charge in [-0.05, 0) is 60.0 Å². The normalized spacial score (nSPS) is 12.8. The van der Waals surface area contributed by atoms with Gasteiger partial charge in [0.15, 0.2) is 11.5 Å². The van der Waals surface area contributed by atoms with Gasteiger partial charge in [0.1, 0.15) is 30.7 Å². The van der Waals surface area contributed by atoms with Gasteiger partial charge < -0.3 is 5.32 Å². The van der Waals surface area contributed by atoms with E-state index in [1.807, 2.05) is 0 Å². The molecular formula is C26H26BrF2N5O7S3. The fourth-order valence-corrected chi connectivity index (χ4v) is 8.55. The molecule has 2 aromatic heterocycles. The highest BCUT2D eigenvalue weighted by Gasteiger charge is 2.31. The van der Waals surface area contributed by atoms with Gasteiger partial charge >= 0.3 is 0 Å². The van der Waals surface area contributed by atoms with Crippen molar-refractivity contribution in [2.45, 2.75) is 36.5 Å². The lowest BCUT2D eigenvalue weighted by atomic mass is 10.1. The standard InChI is InChI=1S/C26H26BrF2N5O7S3/c1-3-12-43(38,39)13-4-11-34(42(36)37)19-10-9-17(28)20(22(19)29)26(35)31-18-14-30-25-21(24(27)32-33-25)23(18)44(40,41)16-7-5-15(2)6-8-16/h5-10,14H,3-4,11-13H2,1-2H3,(H,31,35)(H,36,37)(H,30,32,33). The van der Waals surface area contributed by atoms with Gasteiger partial charge in [0, 0.05) is 12.3 Å². The first-order valence-corrected chi connectivity index (χ1v) is 18.1. The van der Waals surface area contributed by atoms with E-state index >= 15 is 4.39 Å². The molecule has 0 saturated carbocycles. The van der Waals surface area contributed by atoms with Crippen LogP contribution in [0, 0.1) is 18.6 Å². The van der Waals surface area contributed by atoms with Crippen molar-refractivity contribution in [3.05, 3.63) is 70.0 Å². The number of pyridine rings is 1. The van der Waals surface area contributed by atoms with Crippen molar-refractivity contribution in [3.63, 3.8) is 0 Å². The third-order valence-electron chi connectivity index (χ3n) is 6.43. The number of sulfone groups is 2. The van der Waals surface area contributed by atoms with Crippen molar-refractivity contribution in [2.75, 3.05) is 27.7 Å². The van der Waals surface area contributed by atoms with E-state index in [-0.39, 0.29) is 38.5 Å². The van der Waals surface area contributed by atoms with Crippen LogP contribution in [0.25, 0.3) is 11.0 Å². The molecule has 18 heteroatoms. The van der Waals surface area contributed by atoms with Gasteiger partial charge in [-0.3, -0.25) is 18.8 Å². The van der Waals surface area contributed by atoms with Gasteiger partial charge in [-0.15, -0.1) is 0 Å². The number of aryl methyl sites for hydroxylation is 1. The molecule has 1 atom stereocenters. The Morgan fingerprint density at radius 1 is 1.11 bits per heavy atom. The minimum Gasteiger partial charge on any atom is -0.319 e. The lowest BCUT2D eigenvalue weighted by molar-refractivity contribution is 0.101. The zero-order chi connectivity index (χ0) is 32.4. The number of carbonyl (C=O) groups excluding carboxylic acids is 1. The number of benzene rings is 2. The predicted molar refractivity (Wildman–Crippen MR) is 164 cm³/mol. The molecule has 0 aliphatic heterocycles. The summed E-state index contributed by atoms with van der Waals surface area (Å²) in [6, 6.07) is 7.38. The van der Waals surface area contributed by atoms with E-state index in [4.69, 9.17) is 0 Å². The number of fused-ring (bicyclic) bond motifs is 1. The molecule has 0 radical (unpaired) electrons. The summed E-state index contributed by atoms with van der Waals surface area (Å²) in [5.41, 5.74) is -1.49. The smallest absolute Gasteiger partial charge is 0.261 e. The molecule has 2 heterocycles. The Morgan fingerprint density at radius 3 is 2.43 bits per heavy atom. The number of amides is 1. The van der Waals surface area contributed by atoms with E-state index in [1.54, 1.807) is 26.0 Å². The second kappa shape index (κ2) is 13.4. The summed E-state index contributed by atoms with van der Waals surface area (Å²) in [5.74, 6) is -4.73. The zero-order valence-corrected chi connectivity index (χ0v) is 27.2. The molecule has 44 heavy (non-hydrogen) atoms. The lowest BCUT2D eigenvalue weighted by Gasteiger charge is -2.22. The molecule has 236 valence electrons. The van der Waals surface area contributed by atoms with Crippen LogP contribution in [0.1, 0.15) is 35.7 Å². The van der Waals surface area contributed by atoms with E-state index in [9.17, 15) is 34.8 Å². The summed E-state index contributed by atoms with van der Waals surface area (Å²) in [5, 5.41) is 8.67. The first-order valence-electron chi connectivity index (χ1n) is 12.9. The van der Waals surface area contributed by atoms with Crippen LogP contribution in [-0.4, -0.2) is 64.7 Å². The molecule has 1 amide bonds. The third-order valence-corrected chi connectivity index (χ3v) is 11.6. The summed E-state index contributed by atoms with van der Waals surface area (Å²) in [6.07, 6.45) is 1.19. The van der Waals surface area contributed by atoms with Crippen LogP contribution in [0.2, 0.25) is 0 Å². The average molecular weight is 735 g/mol. The largest absolute Gasteiger partial charge is 0.319 e. The minimum atomic E-state index is -4.38. The van der Waals surface area contributed by atoms with Gasteiger partial charge in [0.05, 0.1) is 33.6 Å². The summed E-state index contributed by atoms with van der Waals surface area (Å²) in [6.45, 7) is 3.03. The van der Waals surface area contributed by atoms with Gasteiger partial charge in [0.2, 0.25) is 9.84 Å². The van der Waals surface area contributed by atoms with Crippen LogP contribution in [0.5, 0.6) is 0 Å². The van der Waals surface area contributed by atoms with Crippen molar-refractivity contribution in [1.82, 2.24) is 15.2 Å². The van der Waals surface area contributed by atoms with E-state index in [0.29, 0.717) is 16.8 Å².